The van der Waals surface area contributed by atoms with Gasteiger partial charge in [0, 0.05) is 29.4 Å². The molecule has 0 radical (unpaired) electrons. The molecular weight excluding hydrogens is 426 g/mol. The van der Waals surface area contributed by atoms with Gasteiger partial charge in [0.2, 0.25) is 5.91 Å². The molecule has 2 saturated carbocycles. The number of hydrogen-bond donors (Lipinski definition) is 2. The van der Waals surface area contributed by atoms with Crippen molar-refractivity contribution in [2.24, 2.45) is 11.3 Å². The van der Waals surface area contributed by atoms with Crippen molar-refractivity contribution in [3.63, 3.8) is 0 Å². The average Bonchev–Trinajstić information content (AvgIpc) is 3.16. The van der Waals surface area contributed by atoms with Crippen LogP contribution in [0.5, 0.6) is 0 Å². The quantitative estimate of drug-likeness (QED) is 0.585. The van der Waals surface area contributed by atoms with Gasteiger partial charge in [-0.25, -0.2) is 4.39 Å². The zero-order chi connectivity index (χ0) is 21.5. The summed E-state index contributed by atoms with van der Waals surface area (Å²) in [6.07, 6.45) is 7.65. The van der Waals surface area contributed by atoms with Gasteiger partial charge in [0.05, 0.1) is 21.7 Å². The Hall–Kier alpha value is -1.69. The predicted octanol–water partition coefficient (Wildman–Crippen LogP) is 5.56. The molecule has 0 unspecified atom stereocenters. The average molecular weight is 451 g/mol. The Kier molecular flexibility index (Phi) is 5.82. The van der Waals surface area contributed by atoms with Crippen molar-refractivity contribution in [1.29, 1.82) is 0 Å². The van der Waals surface area contributed by atoms with Crippen molar-refractivity contribution in [3.8, 4) is 0 Å². The molecule has 1 aromatic carbocycles. The molecule has 160 valence electrons. The molecule has 30 heavy (non-hydrogen) atoms. The molecule has 2 fully saturated rings. The molecule has 1 amide bonds. The third kappa shape index (κ3) is 3.83. The number of nitrogens with one attached hydrogen (secondary N) is 1. The maximum Gasteiger partial charge on any atom is 0.223 e. The second kappa shape index (κ2) is 8.10. The fourth-order valence-corrected chi connectivity index (χ4v) is 5.38. The van der Waals surface area contributed by atoms with Crippen molar-refractivity contribution in [2.45, 2.75) is 57.1 Å². The molecule has 0 aliphatic heterocycles. The van der Waals surface area contributed by atoms with Crippen LogP contribution in [0.15, 0.2) is 36.7 Å². The van der Waals surface area contributed by atoms with Crippen molar-refractivity contribution in [1.82, 2.24) is 10.3 Å². The molecule has 2 aromatic rings. The SMILES string of the molecule is CC1([C@H](NC(=O)C2CC(O)(c3cccnc3)C2)c2c(F)ccc(Cl)c2Cl)CCCC1. The van der Waals surface area contributed by atoms with Crippen LogP contribution < -0.4 is 5.32 Å². The largest absolute Gasteiger partial charge is 0.385 e. The molecule has 2 N–H and O–H groups in total. The first-order chi connectivity index (χ1) is 14.2. The minimum atomic E-state index is -1.05. The van der Waals surface area contributed by atoms with E-state index in [1.807, 2.05) is 6.07 Å². The summed E-state index contributed by atoms with van der Waals surface area (Å²) in [5, 5.41) is 14.3. The summed E-state index contributed by atoms with van der Waals surface area (Å²) < 4.78 is 14.9. The van der Waals surface area contributed by atoms with Gasteiger partial charge >= 0.3 is 0 Å². The highest BCUT2D eigenvalue weighted by atomic mass is 35.5. The summed E-state index contributed by atoms with van der Waals surface area (Å²) in [5.74, 6) is -1.02. The van der Waals surface area contributed by atoms with E-state index < -0.39 is 17.5 Å². The zero-order valence-corrected chi connectivity index (χ0v) is 18.3. The van der Waals surface area contributed by atoms with E-state index >= 15 is 0 Å². The third-order valence-electron chi connectivity index (χ3n) is 6.84. The summed E-state index contributed by atoms with van der Waals surface area (Å²) in [5.41, 5.74) is -0.406. The van der Waals surface area contributed by atoms with E-state index in [4.69, 9.17) is 23.2 Å². The lowest BCUT2D eigenvalue weighted by molar-refractivity contribution is -0.144. The highest BCUT2D eigenvalue weighted by Gasteiger charge is 2.49. The minimum Gasteiger partial charge on any atom is -0.385 e. The van der Waals surface area contributed by atoms with Gasteiger partial charge in [-0.15, -0.1) is 0 Å². The standard InChI is InChI=1S/C23H25Cl2FN2O2/c1-22(8-2-3-9-22)20(18-17(26)7-6-16(24)19(18)25)28-21(29)14-11-23(30,12-14)15-5-4-10-27-13-15/h4-7,10,13-14,20,30H,2-3,8-9,11-12H2,1H3,(H,28,29)/t14?,20-,23?/m1/s1. The number of amides is 1. The smallest absolute Gasteiger partial charge is 0.223 e. The Morgan fingerprint density at radius 3 is 2.60 bits per heavy atom. The Morgan fingerprint density at radius 2 is 1.97 bits per heavy atom. The van der Waals surface area contributed by atoms with Crippen LogP contribution in [0.1, 0.15) is 62.6 Å². The van der Waals surface area contributed by atoms with Gasteiger partial charge in [0.25, 0.3) is 0 Å². The van der Waals surface area contributed by atoms with Gasteiger partial charge in [-0.2, -0.15) is 0 Å². The van der Waals surface area contributed by atoms with E-state index in [1.165, 1.54) is 12.1 Å². The van der Waals surface area contributed by atoms with E-state index in [0.29, 0.717) is 18.4 Å². The lowest BCUT2D eigenvalue weighted by Gasteiger charge is -2.44. The summed E-state index contributed by atoms with van der Waals surface area (Å²) in [7, 11) is 0. The van der Waals surface area contributed by atoms with Crippen LogP contribution in [0.2, 0.25) is 10.0 Å². The maximum absolute atomic E-state index is 14.9. The molecule has 0 bridgehead atoms. The third-order valence-corrected chi connectivity index (χ3v) is 7.65. The summed E-state index contributed by atoms with van der Waals surface area (Å²) in [6.45, 7) is 2.06. The van der Waals surface area contributed by atoms with Crippen LogP contribution in [-0.4, -0.2) is 16.0 Å². The Morgan fingerprint density at radius 1 is 1.27 bits per heavy atom. The summed E-state index contributed by atoms with van der Waals surface area (Å²) >= 11 is 12.6. The molecule has 1 atom stereocenters. The predicted molar refractivity (Wildman–Crippen MR) is 115 cm³/mol. The maximum atomic E-state index is 14.9. The van der Waals surface area contributed by atoms with Gasteiger partial charge in [-0.1, -0.05) is 49.0 Å². The topological polar surface area (TPSA) is 62.2 Å². The van der Waals surface area contributed by atoms with E-state index in [-0.39, 0.29) is 32.8 Å². The number of halogens is 3. The first-order valence-electron chi connectivity index (χ1n) is 10.3. The fourth-order valence-electron chi connectivity index (χ4n) is 4.95. The molecule has 2 aliphatic rings. The van der Waals surface area contributed by atoms with Gasteiger partial charge in [-0.3, -0.25) is 9.78 Å². The van der Waals surface area contributed by atoms with E-state index in [2.05, 4.69) is 17.2 Å². The highest BCUT2D eigenvalue weighted by Crippen LogP contribution is 2.51. The van der Waals surface area contributed by atoms with Crippen molar-refractivity contribution in [2.75, 3.05) is 0 Å². The van der Waals surface area contributed by atoms with Crippen LogP contribution in [0, 0.1) is 17.2 Å². The van der Waals surface area contributed by atoms with Gasteiger partial charge in [0.15, 0.2) is 0 Å². The van der Waals surface area contributed by atoms with E-state index in [9.17, 15) is 14.3 Å². The second-order valence-electron chi connectivity index (χ2n) is 8.94. The lowest BCUT2D eigenvalue weighted by atomic mass is 9.67. The molecular formula is C23H25Cl2FN2O2. The molecule has 0 saturated heterocycles. The Bertz CT molecular complexity index is 942. The monoisotopic (exact) mass is 450 g/mol. The van der Waals surface area contributed by atoms with Crippen molar-refractivity contribution < 1.29 is 14.3 Å². The highest BCUT2D eigenvalue weighted by molar-refractivity contribution is 6.42. The number of rotatable bonds is 5. The molecule has 7 heteroatoms. The van der Waals surface area contributed by atoms with Crippen molar-refractivity contribution in [3.05, 3.63) is 63.6 Å². The molecule has 4 rings (SSSR count). The number of nitrogens with zero attached hydrogens (tertiary/aromatic N) is 1. The normalized spacial score (nSPS) is 26.1. The van der Waals surface area contributed by atoms with E-state index in [1.54, 1.807) is 18.5 Å². The van der Waals surface area contributed by atoms with Gasteiger partial charge in [-0.05, 0) is 49.3 Å². The van der Waals surface area contributed by atoms with Crippen LogP contribution in [0.25, 0.3) is 0 Å². The molecule has 1 aromatic heterocycles. The second-order valence-corrected chi connectivity index (χ2v) is 9.72. The first-order valence-corrected chi connectivity index (χ1v) is 11.1. The summed E-state index contributed by atoms with van der Waals surface area (Å²) in [6, 6.07) is 5.72. The Labute approximate surface area is 185 Å². The molecule has 4 nitrogen and oxygen atoms in total. The number of aliphatic hydroxyl groups is 1. The summed E-state index contributed by atoms with van der Waals surface area (Å²) in [4.78, 5) is 17.1. The van der Waals surface area contributed by atoms with Crippen molar-refractivity contribution >= 4 is 29.1 Å². The molecule has 1 heterocycles. The van der Waals surface area contributed by atoms with E-state index in [0.717, 1.165) is 25.7 Å². The van der Waals surface area contributed by atoms with Gasteiger partial charge < -0.3 is 10.4 Å². The number of carbonyl (C=O) groups is 1. The number of carbonyl (C=O) groups excluding carboxylic acids is 1. The number of hydrogen-bond acceptors (Lipinski definition) is 3. The van der Waals surface area contributed by atoms with Crippen LogP contribution in [0.4, 0.5) is 4.39 Å². The van der Waals surface area contributed by atoms with Crippen LogP contribution >= 0.6 is 23.2 Å². The zero-order valence-electron chi connectivity index (χ0n) is 16.8. The number of benzene rings is 1. The molecule has 2 aliphatic carbocycles. The first kappa shape index (κ1) is 21.5. The number of pyridine rings is 1. The lowest BCUT2D eigenvalue weighted by Crippen LogP contribution is -2.50. The molecule has 0 spiro atoms. The fraction of sp³-hybridized carbons (Fsp3) is 0.478. The Balaban J connectivity index is 1.57. The number of aromatic nitrogens is 1. The van der Waals surface area contributed by atoms with Crippen LogP contribution in [0.3, 0.4) is 0 Å². The van der Waals surface area contributed by atoms with Gasteiger partial charge in [0.1, 0.15) is 5.82 Å². The minimum absolute atomic E-state index is 0.149. The van der Waals surface area contributed by atoms with Crippen LogP contribution in [-0.2, 0) is 10.4 Å².